The number of allylic oxidation sites excluding steroid dienone is 2. The number of nitriles is 2. The van der Waals surface area contributed by atoms with Crippen molar-refractivity contribution in [1.82, 2.24) is 14.6 Å². The van der Waals surface area contributed by atoms with Gasteiger partial charge >= 0.3 is 0 Å². The third-order valence-corrected chi connectivity index (χ3v) is 4.99. The van der Waals surface area contributed by atoms with Crippen LogP contribution in [-0.4, -0.2) is 14.6 Å². The summed E-state index contributed by atoms with van der Waals surface area (Å²) < 4.78 is 1.85. The number of benzene rings is 1. The van der Waals surface area contributed by atoms with Crippen molar-refractivity contribution in [1.29, 1.82) is 10.5 Å². The molecular formula is C21H17N5. The Hall–Kier alpha value is -3.44. The molecule has 0 bridgehead atoms. The SMILES string of the molecule is Cc1cc(-c2cnn3ccnc(C4=CCC(C#N)CC4)c23)ccc1C#N. The first-order valence-electron chi connectivity index (χ1n) is 8.63. The summed E-state index contributed by atoms with van der Waals surface area (Å²) in [4.78, 5) is 4.63. The quantitative estimate of drug-likeness (QED) is 0.698. The van der Waals surface area contributed by atoms with Gasteiger partial charge in [-0.1, -0.05) is 12.1 Å². The smallest absolute Gasteiger partial charge is 0.0999 e. The van der Waals surface area contributed by atoms with Crippen LogP contribution in [0.4, 0.5) is 0 Å². The van der Waals surface area contributed by atoms with Crippen LogP contribution < -0.4 is 0 Å². The van der Waals surface area contributed by atoms with E-state index in [1.54, 1.807) is 6.20 Å². The van der Waals surface area contributed by atoms with Crippen LogP contribution in [0.15, 0.2) is 42.9 Å². The lowest BCUT2D eigenvalue weighted by Gasteiger charge is -2.17. The standard InChI is InChI=1S/C21H17N5/c1-14-10-17(6-7-18(14)12-23)19-13-25-26-9-8-24-20(21(19)26)16-4-2-15(11-22)3-5-16/h4,6-10,13,15H,2-3,5H2,1H3. The van der Waals surface area contributed by atoms with Crippen LogP contribution in [0, 0.1) is 35.5 Å². The molecule has 0 radical (unpaired) electrons. The number of aryl methyl sites for hydroxylation is 1. The summed E-state index contributed by atoms with van der Waals surface area (Å²) in [5, 5.41) is 22.8. The van der Waals surface area contributed by atoms with E-state index in [1.807, 2.05) is 42.0 Å². The highest BCUT2D eigenvalue weighted by atomic mass is 15.2. The molecule has 0 spiro atoms. The highest BCUT2D eigenvalue weighted by Gasteiger charge is 2.20. The van der Waals surface area contributed by atoms with Crippen LogP contribution in [-0.2, 0) is 0 Å². The molecule has 1 aromatic carbocycles. The molecule has 0 N–H and O–H groups in total. The Morgan fingerprint density at radius 3 is 2.85 bits per heavy atom. The Kier molecular flexibility index (Phi) is 3.99. The fourth-order valence-corrected chi connectivity index (χ4v) is 3.51. The van der Waals surface area contributed by atoms with E-state index in [0.29, 0.717) is 5.56 Å². The van der Waals surface area contributed by atoms with E-state index in [9.17, 15) is 0 Å². The van der Waals surface area contributed by atoms with Gasteiger partial charge in [0.2, 0.25) is 0 Å². The van der Waals surface area contributed by atoms with Crippen molar-refractivity contribution in [3.8, 4) is 23.3 Å². The van der Waals surface area contributed by atoms with Crippen LogP contribution in [0.2, 0.25) is 0 Å². The van der Waals surface area contributed by atoms with E-state index in [-0.39, 0.29) is 5.92 Å². The first kappa shape index (κ1) is 16.1. The maximum Gasteiger partial charge on any atom is 0.0999 e. The van der Waals surface area contributed by atoms with Crippen molar-refractivity contribution < 1.29 is 0 Å². The molecule has 1 aliphatic rings. The molecule has 3 aromatic rings. The summed E-state index contributed by atoms with van der Waals surface area (Å²) in [5.41, 5.74) is 6.73. The molecule has 0 amide bonds. The van der Waals surface area contributed by atoms with Gasteiger partial charge < -0.3 is 0 Å². The van der Waals surface area contributed by atoms with Crippen LogP contribution in [0.1, 0.15) is 36.1 Å². The topological polar surface area (TPSA) is 77.8 Å². The van der Waals surface area contributed by atoms with E-state index >= 15 is 0 Å². The van der Waals surface area contributed by atoms with Crippen molar-refractivity contribution in [3.63, 3.8) is 0 Å². The van der Waals surface area contributed by atoms with Gasteiger partial charge in [0.1, 0.15) is 0 Å². The number of fused-ring (bicyclic) bond motifs is 1. The first-order chi connectivity index (χ1) is 12.7. The van der Waals surface area contributed by atoms with Crippen LogP contribution in [0.25, 0.3) is 22.2 Å². The van der Waals surface area contributed by atoms with Crippen molar-refractivity contribution in [2.45, 2.75) is 26.2 Å². The largest absolute Gasteiger partial charge is 0.253 e. The lowest BCUT2D eigenvalue weighted by Crippen LogP contribution is -2.05. The number of nitrogens with zero attached hydrogens (tertiary/aromatic N) is 5. The summed E-state index contributed by atoms with van der Waals surface area (Å²) >= 11 is 0. The minimum atomic E-state index is 0.101. The van der Waals surface area contributed by atoms with E-state index in [0.717, 1.165) is 47.2 Å². The van der Waals surface area contributed by atoms with Crippen molar-refractivity contribution >= 4 is 11.1 Å². The van der Waals surface area contributed by atoms with Gasteiger partial charge in [0.25, 0.3) is 0 Å². The zero-order valence-electron chi connectivity index (χ0n) is 14.5. The van der Waals surface area contributed by atoms with Crippen molar-refractivity contribution in [2.24, 2.45) is 5.92 Å². The molecule has 5 heteroatoms. The van der Waals surface area contributed by atoms with E-state index in [2.05, 4.69) is 28.3 Å². The second-order valence-electron chi connectivity index (χ2n) is 6.60. The second kappa shape index (κ2) is 6.46. The molecule has 2 heterocycles. The number of hydrogen-bond acceptors (Lipinski definition) is 4. The summed E-state index contributed by atoms with van der Waals surface area (Å²) in [5.74, 6) is 0.101. The molecule has 1 aliphatic carbocycles. The molecule has 1 atom stereocenters. The van der Waals surface area contributed by atoms with Gasteiger partial charge in [-0.05, 0) is 55.0 Å². The van der Waals surface area contributed by atoms with Gasteiger partial charge in [0, 0.05) is 18.0 Å². The van der Waals surface area contributed by atoms with Gasteiger partial charge in [0.15, 0.2) is 0 Å². The summed E-state index contributed by atoms with van der Waals surface area (Å²) in [6.07, 6.45) is 10.1. The van der Waals surface area contributed by atoms with E-state index in [4.69, 9.17) is 10.5 Å². The average molecular weight is 339 g/mol. The van der Waals surface area contributed by atoms with Crippen LogP contribution in [0.3, 0.4) is 0 Å². The maximum absolute atomic E-state index is 9.16. The zero-order valence-corrected chi connectivity index (χ0v) is 14.5. The summed E-state index contributed by atoms with van der Waals surface area (Å²) in [7, 11) is 0. The molecule has 26 heavy (non-hydrogen) atoms. The fraction of sp³-hybridized carbons (Fsp3) is 0.238. The lowest BCUT2D eigenvalue weighted by atomic mass is 9.88. The van der Waals surface area contributed by atoms with Crippen LogP contribution in [0.5, 0.6) is 0 Å². The Balaban J connectivity index is 1.86. The van der Waals surface area contributed by atoms with Crippen molar-refractivity contribution in [3.05, 3.63) is 59.7 Å². The van der Waals surface area contributed by atoms with Gasteiger partial charge in [-0.3, -0.25) is 4.98 Å². The van der Waals surface area contributed by atoms with Crippen molar-refractivity contribution in [2.75, 3.05) is 0 Å². The number of hydrogen-bond donors (Lipinski definition) is 0. The average Bonchev–Trinajstić information content (AvgIpc) is 3.12. The van der Waals surface area contributed by atoms with E-state index < -0.39 is 0 Å². The predicted octanol–water partition coefficient (Wildman–Crippen LogP) is 4.28. The Morgan fingerprint density at radius 1 is 1.27 bits per heavy atom. The molecule has 2 aromatic heterocycles. The highest BCUT2D eigenvalue weighted by molar-refractivity contribution is 5.89. The monoisotopic (exact) mass is 339 g/mol. The molecule has 126 valence electrons. The summed E-state index contributed by atoms with van der Waals surface area (Å²) in [6, 6.07) is 10.4. The molecule has 4 rings (SSSR count). The van der Waals surface area contributed by atoms with Crippen LogP contribution >= 0.6 is 0 Å². The minimum Gasteiger partial charge on any atom is -0.253 e. The molecule has 0 fully saturated rings. The molecule has 0 saturated carbocycles. The number of aromatic nitrogens is 3. The van der Waals surface area contributed by atoms with Gasteiger partial charge in [0.05, 0.1) is 41.0 Å². The van der Waals surface area contributed by atoms with Gasteiger partial charge in [-0.25, -0.2) is 4.52 Å². The summed E-state index contributed by atoms with van der Waals surface area (Å²) in [6.45, 7) is 1.94. The Morgan fingerprint density at radius 2 is 2.15 bits per heavy atom. The molecule has 0 aliphatic heterocycles. The normalized spacial score (nSPS) is 16.7. The molecule has 5 nitrogen and oxygen atoms in total. The Labute approximate surface area is 151 Å². The minimum absolute atomic E-state index is 0.101. The highest BCUT2D eigenvalue weighted by Crippen LogP contribution is 2.35. The third kappa shape index (κ3) is 2.64. The van der Waals surface area contributed by atoms with E-state index in [1.165, 1.54) is 5.57 Å². The molecule has 0 saturated heterocycles. The Bertz CT molecular complexity index is 1110. The zero-order chi connectivity index (χ0) is 18.1. The van der Waals surface area contributed by atoms with Gasteiger partial charge in [-0.2, -0.15) is 15.6 Å². The number of rotatable bonds is 2. The molecule has 1 unspecified atom stereocenters. The fourth-order valence-electron chi connectivity index (χ4n) is 3.51. The maximum atomic E-state index is 9.16. The second-order valence-corrected chi connectivity index (χ2v) is 6.60. The lowest BCUT2D eigenvalue weighted by molar-refractivity contribution is 0.603. The predicted molar refractivity (Wildman–Crippen MR) is 98.8 cm³/mol. The first-order valence-corrected chi connectivity index (χ1v) is 8.63. The third-order valence-electron chi connectivity index (χ3n) is 4.99. The molecular weight excluding hydrogens is 322 g/mol. The van der Waals surface area contributed by atoms with Gasteiger partial charge in [-0.15, -0.1) is 0 Å².